The Kier molecular flexibility index (Phi) is 7.18. The number of carbonyl (C=O) groups is 1. The average molecular weight is 433 g/mol. The Hall–Kier alpha value is -1.72. The highest BCUT2D eigenvalue weighted by atomic mass is 32.2. The number of hydrogen-bond donors (Lipinski definition) is 1. The molecule has 1 aromatic heterocycles. The minimum absolute atomic E-state index is 0.152. The lowest BCUT2D eigenvalue weighted by Gasteiger charge is -2.29. The molecule has 0 spiro atoms. The van der Waals surface area contributed by atoms with Crippen molar-refractivity contribution in [2.45, 2.75) is 42.8 Å². The van der Waals surface area contributed by atoms with Crippen LogP contribution in [0.25, 0.3) is 0 Å². The van der Waals surface area contributed by atoms with E-state index < -0.39 is 27.8 Å². The van der Waals surface area contributed by atoms with Gasteiger partial charge in [-0.15, -0.1) is 10.2 Å². The van der Waals surface area contributed by atoms with E-state index in [0.29, 0.717) is 9.59 Å². The molecule has 1 aromatic carbocycles. The molecule has 0 aliphatic carbocycles. The van der Waals surface area contributed by atoms with Gasteiger partial charge in [-0.25, -0.2) is 12.8 Å². The van der Waals surface area contributed by atoms with E-state index in [0.717, 1.165) is 16.6 Å². The van der Waals surface area contributed by atoms with Crippen LogP contribution < -0.4 is 9.62 Å². The molecule has 0 bridgehead atoms. The minimum Gasteiger partial charge on any atom is -0.299 e. The van der Waals surface area contributed by atoms with E-state index in [1.54, 1.807) is 6.92 Å². The molecule has 7 nitrogen and oxygen atoms in total. The van der Waals surface area contributed by atoms with Crippen molar-refractivity contribution in [1.82, 2.24) is 10.2 Å². The Morgan fingerprint density at radius 2 is 2.00 bits per heavy atom. The fraction of sp³-hybridized carbons (Fsp3) is 0.438. The number of anilines is 2. The quantitative estimate of drug-likeness (QED) is 0.508. The lowest BCUT2D eigenvalue weighted by atomic mass is 10.2. The standard InChI is InChI=1S/C16H21FN4O3S3/c1-5-12(14(22)18-15-19-20-16(26-15)25-10(2)3)21(27(4,23)24)13-9-7-6-8-11(13)17/h6-10,12H,5H2,1-4H3,(H,18,19,22)/t12-/m1/s1. The number of nitrogens with zero attached hydrogens (tertiary/aromatic N) is 3. The van der Waals surface area contributed by atoms with E-state index >= 15 is 0 Å². The van der Waals surface area contributed by atoms with Gasteiger partial charge in [-0.1, -0.05) is 56.0 Å². The molecule has 2 rings (SSSR count). The Labute approximate surface area is 166 Å². The molecule has 0 radical (unpaired) electrons. The summed E-state index contributed by atoms with van der Waals surface area (Å²) in [4.78, 5) is 12.7. The summed E-state index contributed by atoms with van der Waals surface area (Å²) in [6.07, 6.45) is 1.09. The van der Waals surface area contributed by atoms with Crippen LogP contribution in [0.5, 0.6) is 0 Å². The number of hydrogen-bond acceptors (Lipinski definition) is 7. The van der Waals surface area contributed by atoms with Gasteiger partial charge in [0.2, 0.25) is 21.1 Å². The van der Waals surface area contributed by atoms with Crippen molar-refractivity contribution >= 4 is 49.8 Å². The van der Waals surface area contributed by atoms with Crippen molar-refractivity contribution in [3.05, 3.63) is 30.1 Å². The Morgan fingerprint density at radius 3 is 2.56 bits per heavy atom. The zero-order valence-corrected chi connectivity index (χ0v) is 17.8. The van der Waals surface area contributed by atoms with E-state index in [-0.39, 0.29) is 17.2 Å². The summed E-state index contributed by atoms with van der Waals surface area (Å²) in [5, 5.41) is 11.1. The van der Waals surface area contributed by atoms with Crippen LogP contribution in [0, 0.1) is 5.82 Å². The van der Waals surface area contributed by atoms with Crippen molar-refractivity contribution in [2.24, 2.45) is 0 Å². The normalized spacial score (nSPS) is 12.8. The second-order valence-corrected chi connectivity index (χ2v) is 10.6. The van der Waals surface area contributed by atoms with Crippen molar-refractivity contribution < 1.29 is 17.6 Å². The summed E-state index contributed by atoms with van der Waals surface area (Å²) in [7, 11) is -3.90. The van der Waals surface area contributed by atoms with Crippen molar-refractivity contribution in [2.75, 3.05) is 15.9 Å². The van der Waals surface area contributed by atoms with E-state index in [1.807, 2.05) is 13.8 Å². The van der Waals surface area contributed by atoms with Crippen LogP contribution in [0.15, 0.2) is 28.6 Å². The zero-order chi connectivity index (χ0) is 20.2. The average Bonchev–Trinajstić information content (AvgIpc) is 2.98. The predicted octanol–water partition coefficient (Wildman–Crippen LogP) is 3.36. The molecule has 27 heavy (non-hydrogen) atoms. The van der Waals surface area contributed by atoms with Gasteiger partial charge in [-0.2, -0.15) is 0 Å². The second kappa shape index (κ2) is 8.98. The van der Waals surface area contributed by atoms with Crippen LogP contribution in [0.4, 0.5) is 15.2 Å². The number of sulfonamides is 1. The van der Waals surface area contributed by atoms with E-state index in [1.165, 1.54) is 41.3 Å². The SMILES string of the molecule is CC[C@H](C(=O)Nc1nnc(SC(C)C)s1)N(c1ccccc1F)S(C)(=O)=O. The van der Waals surface area contributed by atoms with Crippen LogP contribution in [0.2, 0.25) is 0 Å². The van der Waals surface area contributed by atoms with Gasteiger partial charge in [0.25, 0.3) is 0 Å². The molecule has 1 amide bonds. The van der Waals surface area contributed by atoms with Gasteiger partial charge >= 0.3 is 0 Å². The van der Waals surface area contributed by atoms with Crippen LogP contribution in [0.1, 0.15) is 27.2 Å². The fourth-order valence-corrected chi connectivity index (χ4v) is 5.55. The summed E-state index contributed by atoms with van der Waals surface area (Å²) in [6.45, 7) is 5.68. The first-order chi connectivity index (χ1) is 12.6. The molecule has 2 aromatic rings. The van der Waals surface area contributed by atoms with Gasteiger partial charge < -0.3 is 0 Å². The smallest absolute Gasteiger partial charge is 0.250 e. The van der Waals surface area contributed by atoms with Gasteiger partial charge in [0, 0.05) is 5.25 Å². The molecule has 0 saturated carbocycles. The Balaban J connectivity index is 2.30. The van der Waals surface area contributed by atoms with Gasteiger partial charge in [0.05, 0.1) is 11.9 Å². The number of halogens is 1. The number of para-hydroxylation sites is 1. The number of carbonyl (C=O) groups excluding carboxylic acids is 1. The highest BCUT2D eigenvalue weighted by Crippen LogP contribution is 2.30. The molecule has 0 aliphatic rings. The maximum absolute atomic E-state index is 14.2. The molecule has 0 saturated heterocycles. The third kappa shape index (κ3) is 5.63. The van der Waals surface area contributed by atoms with Crippen LogP contribution in [-0.4, -0.2) is 42.1 Å². The topological polar surface area (TPSA) is 92.3 Å². The molecule has 1 heterocycles. The number of amides is 1. The molecule has 1 atom stereocenters. The maximum Gasteiger partial charge on any atom is 0.250 e. The van der Waals surface area contributed by atoms with Crippen LogP contribution in [-0.2, 0) is 14.8 Å². The lowest BCUT2D eigenvalue weighted by Crippen LogP contribution is -2.47. The molecule has 0 unspecified atom stereocenters. The van der Waals surface area contributed by atoms with Gasteiger partial charge in [0.1, 0.15) is 11.9 Å². The van der Waals surface area contributed by atoms with Gasteiger partial charge in [0.15, 0.2) is 4.34 Å². The summed E-state index contributed by atoms with van der Waals surface area (Å²) < 4.78 is 40.4. The largest absolute Gasteiger partial charge is 0.299 e. The highest BCUT2D eigenvalue weighted by Gasteiger charge is 2.33. The fourth-order valence-electron chi connectivity index (χ4n) is 2.36. The third-order valence-electron chi connectivity index (χ3n) is 3.39. The van der Waals surface area contributed by atoms with Crippen LogP contribution >= 0.6 is 23.1 Å². The van der Waals surface area contributed by atoms with Crippen molar-refractivity contribution in [1.29, 1.82) is 0 Å². The maximum atomic E-state index is 14.2. The van der Waals surface area contributed by atoms with Gasteiger partial charge in [-0.3, -0.25) is 14.4 Å². The molecular weight excluding hydrogens is 411 g/mol. The number of aromatic nitrogens is 2. The van der Waals surface area contributed by atoms with Crippen LogP contribution in [0.3, 0.4) is 0 Å². The van der Waals surface area contributed by atoms with Crippen molar-refractivity contribution in [3.63, 3.8) is 0 Å². The van der Waals surface area contributed by atoms with E-state index in [4.69, 9.17) is 0 Å². The van der Waals surface area contributed by atoms with Crippen molar-refractivity contribution in [3.8, 4) is 0 Å². The summed E-state index contributed by atoms with van der Waals surface area (Å²) in [5.74, 6) is -1.32. The first kappa shape index (κ1) is 21.6. The van der Waals surface area contributed by atoms with E-state index in [9.17, 15) is 17.6 Å². The predicted molar refractivity (Wildman–Crippen MR) is 107 cm³/mol. The first-order valence-electron chi connectivity index (χ1n) is 8.18. The molecule has 0 fully saturated rings. The van der Waals surface area contributed by atoms with E-state index in [2.05, 4.69) is 15.5 Å². The summed E-state index contributed by atoms with van der Waals surface area (Å²) >= 11 is 2.71. The number of benzene rings is 1. The first-order valence-corrected chi connectivity index (χ1v) is 11.7. The Morgan fingerprint density at radius 1 is 1.33 bits per heavy atom. The lowest BCUT2D eigenvalue weighted by molar-refractivity contribution is -0.117. The second-order valence-electron chi connectivity index (χ2n) is 5.96. The third-order valence-corrected chi connectivity index (χ3v) is 6.49. The number of nitrogens with one attached hydrogen (secondary N) is 1. The number of rotatable bonds is 8. The highest BCUT2D eigenvalue weighted by molar-refractivity contribution is 8.01. The minimum atomic E-state index is -3.90. The number of thioether (sulfide) groups is 1. The molecular formula is C16H21FN4O3S3. The Bertz CT molecular complexity index is 902. The summed E-state index contributed by atoms with van der Waals surface area (Å²) in [6, 6.07) is 4.33. The molecule has 1 N–H and O–H groups in total. The molecule has 148 valence electrons. The van der Waals surface area contributed by atoms with Gasteiger partial charge in [-0.05, 0) is 18.6 Å². The zero-order valence-electron chi connectivity index (χ0n) is 15.3. The molecule has 0 aliphatic heterocycles. The monoisotopic (exact) mass is 432 g/mol. The summed E-state index contributed by atoms with van der Waals surface area (Å²) in [5.41, 5.74) is -0.171. The molecule has 11 heteroatoms.